The molecule has 1 aliphatic rings. The first-order chi connectivity index (χ1) is 8.31. The summed E-state index contributed by atoms with van der Waals surface area (Å²) in [4.78, 5) is 2.62. The third kappa shape index (κ3) is 3.19. The van der Waals surface area contributed by atoms with Gasteiger partial charge in [0.2, 0.25) is 0 Å². The van der Waals surface area contributed by atoms with Crippen LogP contribution in [-0.2, 0) is 6.42 Å². The van der Waals surface area contributed by atoms with Crippen molar-refractivity contribution in [2.75, 3.05) is 6.54 Å². The maximum atomic E-state index is 2.62. The third-order valence-corrected chi connectivity index (χ3v) is 3.66. The van der Waals surface area contributed by atoms with E-state index < -0.39 is 0 Å². The predicted octanol–water partition coefficient (Wildman–Crippen LogP) is 3.66. The molecule has 0 saturated carbocycles. The van der Waals surface area contributed by atoms with Crippen molar-refractivity contribution in [1.29, 1.82) is 0 Å². The molecule has 0 fully saturated rings. The lowest BCUT2D eigenvalue weighted by Crippen LogP contribution is -2.39. The summed E-state index contributed by atoms with van der Waals surface area (Å²) in [6, 6.07) is 12.2. The SMILES string of the molecule is CCCC(Cc1ccccc1)N1CC=CC1C. The van der Waals surface area contributed by atoms with Crippen molar-refractivity contribution < 1.29 is 0 Å². The van der Waals surface area contributed by atoms with Crippen LogP contribution in [0.4, 0.5) is 0 Å². The Balaban J connectivity index is 2.02. The van der Waals surface area contributed by atoms with Gasteiger partial charge in [-0.3, -0.25) is 4.90 Å². The molecule has 0 bridgehead atoms. The Hall–Kier alpha value is -1.08. The van der Waals surface area contributed by atoms with Crippen molar-refractivity contribution in [2.24, 2.45) is 0 Å². The first kappa shape index (κ1) is 12.4. The van der Waals surface area contributed by atoms with Crippen LogP contribution >= 0.6 is 0 Å². The van der Waals surface area contributed by atoms with Crippen LogP contribution in [0.5, 0.6) is 0 Å². The molecule has 0 aliphatic carbocycles. The highest BCUT2D eigenvalue weighted by Gasteiger charge is 2.23. The van der Waals surface area contributed by atoms with Crippen LogP contribution in [-0.4, -0.2) is 23.5 Å². The van der Waals surface area contributed by atoms with Gasteiger partial charge >= 0.3 is 0 Å². The minimum absolute atomic E-state index is 0.607. The van der Waals surface area contributed by atoms with E-state index in [1.165, 1.54) is 24.8 Å². The summed E-state index contributed by atoms with van der Waals surface area (Å²) in [6.07, 6.45) is 8.37. The van der Waals surface area contributed by atoms with Crippen molar-refractivity contribution in [1.82, 2.24) is 4.90 Å². The van der Waals surface area contributed by atoms with E-state index in [1.54, 1.807) is 0 Å². The Morgan fingerprint density at radius 3 is 2.65 bits per heavy atom. The lowest BCUT2D eigenvalue weighted by Gasteiger charge is -2.31. The average molecular weight is 229 g/mol. The van der Waals surface area contributed by atoms with E-state index in [9.17, 15) is 0 Å². The first-order valence-corrected chi connectivity index (χ1v) is 6.77. The first-order valence-electron chi connectivity index (χ1n) is 6.77. The van der Waals surface area contributed by atoms with Gasteiger partial charge in [0.05, 0.1) is 0 Å². The van der Waals surface area contributed by atoms with E-state index in [2.05, 4.69) is 61.2 Å². The summed E-state index contributed by atoms with van der Waals surface area (Å²) in [6.45, 7) is 5.71. The second-order valence-electron chi connectivity index (χ2n) is 5.00. The third-order valence-electron chi connectivity index (χ3n) is 3.66. The molecule has 1 aliphatic heterocycles. The van der Waals surface area contributed by atoms with Gasteiger partial charge in [-0.05, 0) is 25.3 Å². The molecule has 1 aromatic rings. The van der Waals surface area contributed by atoms with Crippen LogP contribution in [0, 0.1) is 0 Å². The predicted molar refractivity (Wildman–Crippen MR) is 74.2 cm³/mol. The van der Waals surface area contributed by atoms with E-state index in [4.69, 9.17) is 0 Å². The molecule has 92 valence electrons. The molecule has 2 atom stereocenters. The van der Waals surface area contributed by atoms with Crippen LogP contribution in [0.3, 0.4) is 0 Å². The summed E-state index contributed by atoms with van der Waals surface area (Å²) < 4.78 is 0. The number of hydrogen-bond acceptors (Lipinski definition) is 1. The van der Waals surface area contributed by atoms with Crippen LogP contribution in [0.15, 0.2) is 42.5 Å². The minimum atomic E-state index is 0.607. The molecule has 0 aromatic heterocycles. The fourth-order valence-corrected chi connectivity index (χ4v) is 2.74. The zero-order chi connectivity index (χ0) is 12.1. The Morgan fingerprint density at radius 2 is 2.06 bits per heavy atom. The van der Waals surface area contributed by atoms with Gasteiger partial charge in [0.15, 0.2) is 0 Å². The highest BCUT2D eigenvalue weighted by Crippen LogP contribution is 2.20. The maximum absolute atomic E-state index is 2.62. The quantitative estimate of drug-likeness (QED) is 0.696. The molecular formula is C16H23N. The normalized spacial score (nSPS) is 21.9. The lowest BCUT2D eigenvalue weighted by atomic mass is 10.00. The molecule has 0 spiro atoms. The van der Waals surface area contributed by atoms with Crippen molar-refractivity contribution in [3.05, 3.63) is 48.0 Å². The Kier molecular flexibility index (Phi) is 4.38. The van der Waals surface area contributed by atoms with Gasteiger partial charge in [-0.25, -0.2) is 0 Å². The zero-order valence-corrected chi connectivity index (χ0v) is 11.0. The number of benzene rings is 1. The van der Waals surface area contributed by atoms with Gasteiger partial charge < -0.3 is 0 Å². The Morgan fingerprint density at radius 1 is 1.29 bits per heavy atom. The smallest absolute Gasteiger partial charge is 0.0256 e. The highest BCUT2D eigenvalue weighted by molar-refractivity contribution is 5.17. The molecule has 0 N–H and O–H groups in total. The summed E-state index contributed by atoms with van der Waals surface area (Å²) in [7, 11) is 0. The number of nitrogens with zero attached hydrogens (tertiary/aromatic N) is 1. The summed E-state index contributed by atoms with van der Waals surface area (Å²) >= 11 is 0. The second-order valence-corrected chi connectivity index (χ2v) is 5.00. The largest absolute Gasteiger partial charge is 0.290 e. The van der Waals surface area contributed by atoms with Crippen molar-refractivity contribution >= 4 is 0 Å². The van der Waals surface area contributed by atoms with Crippen LogP contribution in [0.25, 0.3) is 0 Å². The highest BCUT2D eigenvalue weighted by atomic mass is 15.2. The number of rotatable bonds is 5. The van der Waals surface area contributed by atoms with Gasteiger partial charge in [0.1, 0.15) is 0 Å². The molecule has 0 amide bonds. The molecule has 1 nitrogen and oxygen atoms in total. The maximum Gasteiger partial charge on any atom is 0.0256 e. The molecule has 1 aromatic carbocycles. The van der Waals surface area contributed by atoms with Crippen molar-refractivity contribution in [3.63, 3.8) is 0 Å². The molecule has 2 unspecified atom stereocenters. The zero-order valence-electron chi connectivity index (χ0n) is 11.0. The molecule has 0 saturated heterocycles. The fraction of sp³-hybridized carbons (Fsp3) is 0.500. The van der Waals surface area contributed by atoms with Crippen molar-refractivity contribution in [3.8, 4) is 0 Å². The van der Waals surface area contributed by atoms with Gasteiger partial charge in [-0.2, -0.15) is 0 Å². The molecule has 0 radical (unpaired) electrons. The molecule has 2 rings (SSSR count). The van der Waals surface area contributed by atoms with Gasteiger partial charge in [0, 0.05) is 18.6 Å². The molecular weight excluding hydrogens is 206 g/mol. The van der Waals surface area contributed by atoms with Gasteiger partial charge in [-0.1, -0.05) is 55.8 Å². The van der Waals surface area contributed by atoms with E-state index >= 15 is 0 Å². The van der Waals surface area contributed by atoms with E-state index in [0.717, 1.165) is 6.54 Å². The van der Waals surface area contributed by atoms with Gasteiger partial charge in [-0.15, -0.1) is 0 Å². The van der Waals surface area contributed by atoms with Crippen LogP contribution in [0.2, 0.25) is 0 Å². The van der Waals surface area contributed by atoms with Crippen molar-refractivity contribution in [2.45, 2.75) is 45.2 Å². The monoisotopic (exact) mass is 229 g/mol. The van der Waals surface area contributed by atoms with Crippen LogP contribution < -0.4 is 0 Å². The van der Waals surface area contributed by atoms with Gasteiger partial charge in [0.25, 0.3) is 0 Å². The molecule has 1 heteroatoms. The topological polar surface area (TPSA) is 3.24 Å². The Labute approximate surface area is 105 Å². The number of hydrogen-bond donors (Lipinski definition) is 0. The summed E-state index contributed by atoms with van der Waals surface area (Å²) in [5, 5.41) is 0. The van der Waals surface area contributed by atoms with E-state index in [0.29, 0.717) is 12.1 Å². The molecule has 1 heterocycles. The Bertz CT molecular complexity index is 355. The fourth-order valence-electron chi connectivity index (χ4n) is 2.74. The van der Waals surface area contributed by atoms with Crippen LogP contribution in [0.1, 0.15) is 32.3 Å². The minimum Gasteiger partial charge on any atom is -0.290 e. The summed E-state index contributed by atoms with van der Waals surface area (Å²) in [5.41, 5.74) is 1.46. The standard InChI is InChI=1S/C16H23N/c1-3-8-16(17-12-7-9-14(17)2)13-15-10-5-4-6-11-15/h4-7,9-11,14,16H,3,8,12-13H2,1-2H3. The second kappa shape index (κ2) is 6.02. The average Bonchev–Trinajstić information content (AvgIpc) is 2.76. The molecule has 17 heavy (non-hydrogen) atoms. The summed E-state index contributed by atoms with van der Waals surface area (Å²) in [5.74, 6) is 0. The lowest BCUT2D eigenvalue weighted by molar-refractivity contribution is 0.190. The van der Waals surface area contributed by atoms with E-state index in [1.807, 2.05) is 0 Å². The van der Waals surface area contributed by atoms with E-state index in [-0.39, 0.29) is 0 Å².